The molecule has 2 nitrogen and oxygen atoms in total. The highest BCUT2D eigenvalue weighted by Gasteiger charge is 2.41. The van der Waals surface area contributed by atoms with Crippen LogP contribution in [0.3, 0.4) is 0 Å². The summed E-state index contributed by atoms with van der Waals surface area (Å²) in [4.78, 5) is 0. The van der Waals surface area contributed by atoms with Gasteiger partial charge >= 0.3 is 0 Å². The van der Waals surface area contributed by atoms with E-state index >= 15 is 0 Å². The first-order valence-electron chi connectivity index (χ1n) is 20.4. The van der Waals surface area contributed by atoms with Crippen molar-refractivity contribution < 1.29 is 0 Å². The maximum absolute atomic E-state index is 3.66. The van der Waals surface area contributed by atoms with Gasteiger partial charge in [-0.1, -0.05) is 184 Å². The number of anilines is 4. The standard InChI is InChI=1S/C54H50N2Si/c1-3-11-41-17-21-43(22-18-41)45-25-29-47(30-26-45)55-49-33-37-53(38-34-49)57(51-13-7-5-8-14-51,52-15-9-6-10-16-52)54-39-35-50(36-40-54)56-48-31-27-46(28-32-48)44-23-19-42(12-4-2)20-24-44/h5-10,13-40,55-56H,3-4,11-12H2,1-2H3. The summed E-state index contributed by atoms with van der Waals surface area (Å²) in [7, 11) is -2.69. The van der Waals surface area contributed by atoms with Crippen molar-refractivity contribution in [1.82, 2.24) is 0 Å². The van der Waals surface area contributed by atoms with Crippen LogP contribution in [0.1, 0.15) is 37.8 Å². The lowest BCUT2D eigenvalue weighted by Crippen LogP contribution is -2.74. The molecule has 0 spiro atoms. The Labute approximate surface area is 340 Å². The average molecular weight is 755 g/mol. The zero-order valence-corrected chi connectivity index (χ0v) is 34.0. The fourth-order valence-corrected chi connectivity index (χ4v) is 12.8. The number of nitrogens with one attached hydrogen (secondary N) is 2. The smallest absolute Gasteiger partial charge is 0.179 e. The maximum atomic E-state index is 3.66. The van der Waals surface area contributed by atoms with Crippen molar-refractivity contribution in [3.63, 3.8) is 0 Å². The predicted molar refractivity (Wildman–Crippen MR) is 248 cm³/mol. The average Bonchev–Trinajstić information content (AvgIpc) is 3.27. The maximum Gasteiger partial charge on any atom is 0.179 e. The van der Waals surface area contributed by atoms with Crippen LogP contribution in [0.25, 0.3) is 22.3 Å². The van der Waals surface area contributed by atoms with Crippen LogP contribution < -0.4 is 31.4 Å². The Balaban J connectivity index is 1.06. The minimum atomic E-state index is -2.69. The topological polar surface area (TPSA) is 24.1 Å². The first-order chi connectivity index (χ1) is 28.1. The molecule has 0 bridgehead atoms. The van der Waals surface area contributed by atoms with Gasteiger partial charge in [0.05, 0.1) is 0 Å². The first kappa shape index (κ1) is 37.5. The van der Waals surface area contributed by atoms with Gasteiger partial charge in [-0.15, -0.1) is 0 Å². The van der Waals surface area contributed by atoms with E-state index in [0.717, 1.165) is 35.6 Å². The normalized spacial score (nSPS) is 11.3. The van der Waals surface area contributed by atoms with Gasteiger partial charge in [0.15, 0.2) is 8.07 Å². The molecule has 0 unspecified atom stereocenters. The Hall–Kier alpha value is -6.42. The van der Waals surface area contributed by atoms with Crippen LogP contribution in [0, 0.1) is 0 Å². The van der Waals surface area contributed by atoms with Crippen LogP contribution in [0.4, 0.5) is 22.7 Å². The van der Waals surface area contributed by atoms with Gasteiger partial charge in [0.25, 0.3) is 0 Å². The molecule has 8 rings (SSSR count). The molecule has 8 aromatic carbocycles. The lowest BCUT2D eigenvalue weighted by molar-refractivity contribution is 0.922. The predicted octanol–water partition coefficient (Wildman–Crippen LogP) is 11.8. The van der Waals surface area contributed by atoms with Gasteiger partial charge in [-0.05, 0) is 116 Å². The van der Waals surface area contributed by atoms with E-state index < -0.39 is 8.07 Å². The Morgan fingerprint density at radius 2 is 0.561 bits per heavy atom. The van der Waals surface area contributed by atoms with E-state index in [1.165, 1.54) is 67.0 Å². The zero-order chi connectivity index (χ0) is 38.9. The first-order valence-corrected chi connectivity index (χ1v) is 22.4. The Kier molecular flexibility index (Phi) is 11.6. The number of aryl methyl sites for hydroxylation is 2. The summed E-state index contributed by atoms with van der Waals surface area (Å²) in [5, 5.41) is 12.7. The van der Waals surface area contributed by atoms with E-state index in [2.05, 4.69) is 231 Å². The third-order valence-electron chi connectivity index (χ3n) is 11.0. The second-order valence-corrected chi connectivity index (χ2v) is 18.7. The van der Waals surface area contributed by atoms with Crippen LogP contribution in [-0.4, -0.2) is 8.07 Å². The van der Waals surface area contributed by atoms with E-state index in [0.29, 0.717) is 0 Å². The van der Waals surface area contributed by atoms with Gasteiger partial charge in [0.2, 0.25) is 0 Å². The fraction of sp³-hybridized carbons (Fsp3) is 0.111. The molecule has 0 heterocycles. The van der Waals surface area contributed by atoms with E-state index in [4.69, 9.17) is 0 Å². The van der Waals surface area contributed by atoms with E-state index in [-0.39, 0.29) is 0 Å². The molecule has 0 fully saturated rings. The van der Waals surface area contributed by atoms with Gasteiger partial charge in [0.1, 0.15) is 0 Å². The van der Waals surface area contributed by atoms with Crippen molar-refractivity contribution in [2.75, 3.05) is 10.6 Å². The second-order valence-electron chi connectivity index (χ2n) is 14.9. The highest BCUT2D eigenvalue weighted by atomic mass is 28.3. The molecular weight excluding hydrogens is 705 g/mol. The molecule has 0 saturated carbocycles. The highest BCUT2D eigenvalue weighted by Crippen LogP contribution is 2.26. The van der Waals surface area contributed by atoms with Gasteiger partial charge in [0, 0.05) is 22.7 Å². The Bertz CT molecular complexity index is 2280. The number of rotatable bonds is 14. The summed E-state index contributed by atoms with van der Waals surface area (Å²) in [6.45, 7) is 4.45. The largest absolute Gasteiger partial charge is 0.356 e. The molecule has 3 heteroatoms. The molecule has 0 atom stereocenters. The molecule has 0 aromatic heterocycles. The van der Waals surface area contributed by atoms with Crippen LogP contribution >= 0.6 is 0 Å². The quantitative estimate of drug-likeness (QED) is 0.0853. The number of hydrogen-bond donors (Lipinski definition) is 2. The lowest BCUT2D eigenvalue weighted by Gasteiger charge is -2.34. The third-order valence-corrected chi connectivity index (χ3v) is 15.8. The van der Waals surface area contributed by atoms with Gasteiger partial charge in [-0.3, -0.25) is 0 Å². The molecule has 280 valence electrons. The van der Waals surface area contributed by atoms with Gasteiger partial charge in [-0.2, -0.15) is 0 Å². The zero-order valence-electron chi connectivity index (χ0n) is 33.0. The van der Waals surface area contributed by atoms with Crippen LogP contribution in [0.15, 0.2) is 206 Å². The summed E-state index contributed by atoms with van der Waals surface area (Å²) in [6.07, 6.45) is 4.58. The summed E-state index contributed by atoms with van der Waals surface area (Å²) in [5.74, 6) is 0. The van der Waals surface area contributed by atoms with E-state index in [1.54, 1.807) is 0 Å². The third kappa shape index (κ3) is 8.40. The summed E-state index contributed by atoms with van der Waals surface area (Å²) in [6, 6.07) is 76.0. The number of benzene rings is 8. The Morgan fingerprint density at radius 3 is 0.860 bits per heavy atom. The minimum absolute atomic E-state index is 1.07. The summed E-state index contributed by atoms with van der Waals surface area (Å²) in [5.41, 5.74) is 12.0. The van der Waals surface area contributed by atoms with Crippen molar-refractivity contribution in [2.24, 2.45) is 0 Å². The summed E-state index contributed by atoms with van der Waals surface area (Å²) >= 11 is 0. The molecule has 0 saturated heterocycles. The van der Waals surface area contributed by atoms with Crippen molar-refractivity contribution in [2.45, 2.75) is 39.5 Å². The molecule has 0 aliphatic rings. The van der Waals surface area contributed by atoms with E-state index in [1.807, 2.05) is 0 Å². The van der Waals surface area contributed by atoms with Crippen LogP contribution in [-0.2, 0) is 12.8 Å². The van der Waals surface area contributed by atoms with Crippen molar-refractivity contribution in [3.05, 3.63) is 217 Å². The monoisotopic (exact) mass is 754 g/mol. The minimum Gasteiger partial charge on any atom is -0.356 e. The van der Waals surface area contributed by atoms with Gasteiger partial charge in [-0.25, -0.2) is 0 Å². The van der Waals surface area contributed by atoms with Crippen molar-refractivity contribution in [1.29, 1.82) is 0 Å². The lowest BCUT2D eigenvalue weighted by atomic mass is 10.0. The van der Waals surface area contributed by atoms with Crippen LogP contribution in [0.5, 0.6) is 0 Å². The fourth-order valence-electron chi connectivity index (χ4n) is 8.11. The molecule has 0 radical (unpaired) electrons. The second kappa shape index (κ2) is 17.6. The molecule has 57 heavy (non-hydrogen) atoms. The molecule has 8 aromatic rings. The van der Waals surface area contributed by atoms with Crippen molar-refractivity contribution >= 4 is 51.6 Å². The van der Waals surface area contributed by atoms with E-state index in [9.17, 15) is 0 Å². The molecular formula is C54H50N2Si. The molecule has 0 aliphatic heterocycles. The highest BCUT2D eigenvalue weighted by molar-refractivity contribution is 7.19. The Morgan fingerprint density at radius 1 is 0.298 bits per heavy atom. The molecule has 0 amide bonds. The van der Waals surface area contributed by atoms with Gasteiger partial charge < -0.3 is 10.6 Å². The molecule has 0 aliphatic carbocycles. The van der Waals surface area contributed by atoms with Crippen LogP contribution in [0.2, 0.25) is 0 Å². The van der Waals surface area contributed by atoms with Crippen molar-refractivity contribution in [3.8, 4) is 22.3 Å². The SMILES string of the molecule is CCCc1ccc(-c2ccc(Nc3ccc([Si](c4ccccc4)(c4ccccc4)c4ccc(Nc5ccc(-c6ccc(CCC)cc6)cc5)cc4)cc3)cc2)cc1. The number of hydrogen-bond acceptors (Lipinski definition) is 2. The summed E-state index contributed by atoms with van der Waals surface area (Å²) < 4.78 is 0. The molecule has 2 N–H and O–H groups in total.